The van der Waals surface area contributed by atoms with Crippen LogP contribution in [0.25, 0.3) is 0 Å². The van der Waals surface area contributed by atoms with Crippen LogP contribution in [0.4, 0.5) is 0 Å². The third-order valence-electron chi connectivity index (χ3n) is 4.34. The van der Waals surface area contributed by atoms with Gasteiger partial charge in [0.2, 0.25) is 0 Å². The number of hydrogen-bond donors (Lipinski definition) is 3. The van der Waals surface area contributed by atoms with E-state index in [9.17, 15) is 0 Å². The third-order valence-corrected chi connectivity index (χ3v) is 4.34. The first-order chi connectivity index (χ1) is 9.74. The van der Waals surface area contributed by atoms with Gasteiger partial charge in [0.25, 0.3) is 0 Å². The smallest absolute Gasteiger partial charge is 0.170 e. The van der Waals surface area contributed by atoms with Crippen LogP contribution in [0.15, 0.2) is 29.4 Å². The summed E-state index contributed by atoms with van der Waals surface area (Å²) in [4.78, 5) is 0. The lowest BCUT2D eigenvalue weighted by molar-refractivity contribution is 0.278. The lowest BCUT2D eigenvalue weighted by Crippen LogP contribution is -2.34. The number of nitrogens with two attached hydrogens (primary N) is 1. The van der Waals surface area contributed by atoms with Gasteiger partial charge in [-0.25, -0.2) is 0 Å². The normalized spacial score (nSPS) is 23.8. The van der Waals surface area contributed by atoms with Crippen LogP contribution in [0.1, 0.15) is 50.2 Å². The number of benzene rings is 1. The van der Waals surface area contributed by atoms with Crippen molar-refractivity contribution in [1.29, 1.82) is 0 Å². The molecule has 110 valence electrons. The predicted molar refractivity (Wildman–Crippen MR) is 81.8 cm³/mol. The highest BCUT2D eigenvalue weighted by Gasteiger charge is 2.20. The Hall–Kier alpha value is -1.55. The zero-order valence-corrected chi connectivity index (χ0v) is 12.2. The molecule has 4 nitrogen and oxygen atoms in total. The van der Waals surface area contributed by atoms with Crippen LogP contribution >= 0.6 is 0 Å². The minimum absolute atomic E-state index is 0.178. The van der Waals surface area contributed by atoms with Crippen molar-refractivity contribution in [2.75, 3.05) is 0 Å². The lowest BCUT2D eigenvalue weighted by Gasteiger charge is -2.29. The van der Waals surface area contributed by atoms with E-state index in [4.69, 9.17) is 10.9 Å². The zero-order chi connectivity index (χ0) is 14.4. The highest BCUT2D eigenvalue weighted by molar-refractivity contribution is 5.98. The Kier molecular flexibility index (Phi) is 5.41. The van der Waals surface area contributed by atoms with Gasteiger partial charge in [-0.1, -0.05) is 55.6 Å². The molecular formula is C16H25N3O. The summed E-state index contributed by atoms with van der Waals surface area (Å²) in [6.07, 6.45) is 6.48. The Morgan fingerprint density at radius 2 is 2.20 bits per heavy atom. The second-order valence-corrected chi connectivity index (χ2v) is 5.66. The van der Waals surface area contributed by atoms with Crippen LogP contribution < -0.4 is 11.1 Å². The molecule has 0 spiro atoms. The molecule has 1 aliphatic carbocycles. The standard InChI is InChI=1S/C16H25N3O/c1-2-12-6-5-8-14(10-12)18-11-13-7-3-4-9-15(13)16(17)19-20/h3-4,7,9,12,14,18,20H,2,5-6,8,10-11H2,1H3,(H2,17,19). The fourth-order valence-corrected chi connectivity index (χ4v) is 3.08. The van der Waals surface area contributed by atoms with Gasteiger partial charge in [0.05, 0.1) is 0 Å². The summed E-state index contributed by atoms with van der Waals surface area (Å²) in [5.41, 5.74) is 7.61. The van der Waals surface area contributed by atoms with E-state index in [2.05, 4.69) is 17.4 Å². The molecule has 0 radical (unpaired) electrons. The van der Waals surface area contributed by atoms with E-state index in [-0.39, 0.29) is 5.84 Å². The molecule has 20 heavy (non-hydrogen) atoms. The SMILES string of the molecule is CCC1CCCC(NCc2ccccc2C(N)=NO)C1. The largest absolute Gasteiger partial charge is 0.409 e. The fraction of sp³-hybridized carbons (Fsp3) is 0.562. The van der Waals surface area contributed by atoms with Gasteiger partial charge >= 0.3 is 0 Å². The summed E-state index contributed by atoms with van der Waals surface area (Å²) in [6.45, 7) is 3.05. The summed E-state index contributed by atoms with van der Waals surface area (Å²) in [6, 6.07) is 8.40. The summed E-state index contributed by atoms with van der Waals surface area (Å²) in [5.74, 6) is 1.04. The third kappa shape index (κ3) is 3.73. The molecule has 2 rings (SSSR count). The average Bonchev–Trinajstić information content (AvgIpc) is 2.52. The van der Waals surface area contributed by atoms with Gasteiger partial charge in [-0.15, -0.1) is 0 Å². The molecule has 4 N–H and O–H groups in total. The molecule has 0 saturated heterocycles. The minimum Gasteiger partial charge on any atom is -0.409 e. The Morgan fingerprint density at radius 1 is 1.40 bits per heavy atom. The van der Waals surface area contributed by atoms with Crippen LogP contribution in [-0.4, -0.2) is 17.1 Å². The fourth-order valence-electron chi connectivity index (χ4n) is 3.08. The number of hydrogen-bond acceptors (Lipinski definition) is 3. The van der Waals surface area contributed by atoms with Gasteiger partial charge in [-0.3, -0.25) is 0 Å². The van der Waals surface area contributed by atoms with E-state index < -0.39 is 0 Å². The highest BCUT2D eigenvalue weighted by Crippen LogP contribution is 2.26. The molecule has 0 heterocycles. The molecule has 1 aromatic carbocycles. The molecule has 0 aliphatic heterocycles. The molecule has 1 aliphatic rings. The van der Waals surface area contributed by atoms with Crippen LogP contribution in [-0.2, 0) is 6.54 Å². The Morgan fingerprint density at radius 3 is 2.95 bits per heavy atom. The van der Waals surface area contributed by atoms with Crippen molar-refractivity contribution >= 4 is 5.84 Å². The van der Waals surface area contributed by atoms with Crippen molar-refractivity contribution in [3.8, 4) is 0 Å². The van der Waals surface area contributed by atoms with Gasteiger partial charge in [-0.2, -0.15) is 0 Å². The maximum absolute atomic E-state index is 8.84. The highest BCUT2D eigenvalue weighted by atomic mass is 16.4. The molecule has 0 bridgehead atoms. The molecule has 1 aromatic rings. The number of rotatable bonds is 5. The number of nitrogens with one attached hydrogen (secondary N) is 1. The molecule has 2 unspecified atom stereocenters. The van der Waals surface area contributed by atoms with Gasteiger partial charge < -0.3 is 16.3 Å². The van der Waals surface area contributed by atoms with Crippen molar-refractivity contribution in [2.45, 2.75) is 51.6 Å². The topological polar surface area (TPSA) is 70.6 Å². The minimum atomic E-state index is 0.178. The van der Waals surface area contributed by atoms with Crippen LogP contribution in [0.3, 0.4) is 0 Å². The first kappa shape index (κ1) is 14.9. The van der Waals surface area contributed by atoms with Crippen molar-refractivity contribution in [3.63, 3.8) is 0 Å². The summed E-state index contributed by atoms with van der Waals surface area (Å²) in [7, 11) is 0. The first-order valence-corrected chi connectivity index (χ1v) is 7.53. The lowest BCUT2D eigenvalue weighted by atomic mass is 9.84. The first-order valence-electron chi connectivity index (χ1n) is 7.53. The van der Waals surface area contributed by atoms with Crippen LogP contribution in [0, 0.1) is 5.92 Å². The molecule has 4 heteroatoms. The van der Waals surface area contributed by atoms with E-state index in [1.807, 2.05) is 24.3 Å². The van der Waals surface area contributed by atoms with Gasteiger partial charge in [0.1, 0.15) is 0 Å². The van der Waals surface area contributed by atoms with Crippen molar-refractivity contribution in [3.05, 3.63) is 35.4 Å². The quantitative estimate of drug-likeness (QED) is 0.335. The Labute approximate surface area is 121 Å². The number of oxime groups is 1. The summed E-state index contributed by atoms with van der Waals surface area (Å²) < 4.78 is 0. The predicted octanol–water partition coefficient (Wildman–Crippen LogP) is 2.84. The van der Waals surface area contributed by atoms with E-state index >= 15 is 0 Å². The van der Waals surface area contributed by atoms with Crippen molar-refractivity contribution in [1.82, 2.24) is 5.32 Å². The van der Waals surface area contributed by atoms with E-state index in [1.165, 1.54) is 32.1 Å². The van der Waals surface area contributed by atoms with Crippen LogP contribution in [0.2, 0.25) is 0 Å². The van der Waals surface area contributed by atoms with E-state index in [0.717, 1.165) is 23.6 Å². The van der Waals surface area contributed by atoms with Crippen molar-refractivity contribution in [2.24, 2.45) is 16.8 Å². The van der Waals surface area contributed by atoms with Crippen molar-refractivity contribution < 1.29 is 5.21 Å². The van der Waals surface area contributed by atoms with Gasteiger partial charge in [0, 0.05) is 18.2 Å². The summed E-state index contributed by atoms with van der Waals surface area (Å²) >= 11 is 0. The number of amidine groups is 1. The maximum atomic E-state index is 8.84. The second-order valence-electron chi connectivity index (χ2n) is 5.66. The van der Waals surface area contributed by atoms with E-state index in [1.54, 1.807) is 0 Å². The van der Waals surface area contributed by atoms with Gasteiger partial charge in [0.15, 0.2) is 5.84 Å². The molecule has 2 atom stereocenters. The average molecular weight is 275 g/mol. The second kappa shape index (κ2) is 7.29. The van der Waals surface area contributed by atoms with E-state index in [0.29, 0.717) is 6.04 Å². The Balaban J connectivity index is 1.97. The Bertz CT molecular complexity index is 459. The number of nitrogens with zero attached hydrogens (tertiary/aromatic N) is 1. The summed E-state index contributed by atoms with van der Waals surface area (Å²) in [5, 5.41) is 15.6. The van der Waals surface area contributed by atoms with Gasteiger partial charge in [-0.05, 0) is 24.3 Å². The van der Waals surface area contributed by atoms with Crippen LogP contribution in [0.5, 0.6) is 0 Å². The molecule has 0 aromatic heterocycles. The molecular weight excluding hydrogens is 250 g/mol. The molecule has 1 fully saturated rings. The molecule has 0 amide bonds. The molecule has 1 saturated carbocycles. The monoisotopic (exact) mass is 275 g/mol. The maximum Gasteiger partial charge on any atom is 0.170 e. The zero-order valence-electron chi connectivity index (χ0n) is 12.2.